The van der Waals surface area contributed by atoms with Gasteiger partial charge in [-0.2, -0.15) is 0 Å². The van der Waals surface area contributed by atoms with E-state index in [1.54, 1.807) is 6.07 Å². The Labute approximate surface area is 91.1 Å². The van der Waals surface area contributed by atoms with Crippen LogP contribution in [0.25, 0.3) is 0 Å². The SMILES string of the molecule is Cc1cc(C(=O)O)c(I)c(C)c1C. The number of benzene rings is 1. The molecule has 13 heavy (non-hydrogen) atoms. The number of aryl methyl sites for hydroxylation is 1. The van der Waals surface area contributed by atoms with Gasteiger partial charge in [-0.3, -0.25) is 0 Å². The van der Waals surface area contributed by atoms with Gasteiger partial charge in [0.2, 0.25) is 0 Å². The molecule has 0 spiro atoms. The molecule has 0 atom stereocenters. The quantitative estimate of drug-likeness (QED) is 0.807. The molecule has 0 aliphatic heterocycles. The summed E-state index contributed by atoms with van der Waals surface area (Å²) in [6.07, 6.45) is 0. The van der Waals surface area contributed by atoms with Gasteiger partial charge < -0.3 is 5.11 Å². The van der Waals surface area contributed by atoms with Crippen LogP contribution < -0.4 is 0 Å². The molecule has 0 amide bonds. The summed E-state index contributed by atoms with van der Waals surface area (Å²) in [6.45, 7) is 5.90. The van der Waals surface area contributed by atoms with E-state index in [1.807, 2.05) is 20.8 Å². The summed E-state index contributed by atoms with van der Waals surface area (Å²) in [7, 11) is 0. The van der Waals surface area contributed by atoms with Gasteiger partial charge in [0.15, 0.2) is 0 Å². The molecule has 3 heteroatoms. The van der Waals surface area contributed by atoms with Gasteiger partial charge in [-0.25, -0.2) is 4.79 Å². The summed E-state index contributed by atoms with van der Waals surface area (Å²) in [5, 5.41) is 8.90. The lowest BCUT2D eigenvalue weighted by Crippen LogP contribution is -2.04. The van der Waals surface area contributed by atoms with Gasteiger partial charge in [0.05, 0.1) is 5.56 Å². The summed E-state index contributed by atoms with van der Waals surface area (Å²) < 4.78 is 0.841. The molecule has 1 rings (SSSR count). The van der Waals surface area contributed by atoms with Crippen LogP contribution in [0.1, 0.15) is 27.0 Å². The zero-order chi connectivity index (χ0) is 10.2. The number of carbonyl (C=O) groups is 1. The standard InChI is InChI=1S/C10H11IO2/c1-5-4-8(10(12)13)9(11)7(3)6(5)2/h4H,1-3H3,(H,12,13). The van der Waals surface area contributed by atoms with E-state index in [4.69, 9.17) is 5.11 Å². The van der Waals surface area contributed by atoms with Gasteiger partial charge in [-0.15, -0.1) is 0 Å². The van der Waals surface area contributed by atoms with E-state index >= 15 is 0 Å². The third-order valence-corrected chi connectivity index (χ3v) is 3.70. The first kappa shape index (κ1) is 10.5. The van der Waals surface area contributed by atoms with Crippen LogP contribution in [0.2, 0.25) is 0 Å². The predicted octanol–water partition coefficient (Wildman–Crippen LogP) is 2.91. The highest BCUT2D eigenvalue weighted by Crippen LogP contribution is 2.23. The van der Waals surface area contributed by atoms with E-state index in [-0.39, 0.29) is 0 Å². The second-order valence-corrected chi connectivity index (χ2v) is 4.19. The van der Waals surface area contributed by atoms with Crippen molar-refractivity contribution in [2.75, 3.05) is 0 Å². The maximum Gasteiger partial charge on any atom is 0.336 e. The summed E-state index contributed by atoms with van der Waals surface area (Å²) in [5.74, 6) is -0.851. The molecular weight excluding hydrogens is 279 g/mol. The minimum atomic E-state index is -0.851. The van der Waals surface area contributed by atoms with Crippen molar-refractivity contribution in [3.8, 4) is 0 Å². The van der Waals surface area contributed by atoms with Crippen LogP contribution in [-0.2, 0) is 0 Å². The maximum absolute atomic E-state index is 10.8. The highest BCUT2D eigenvalue weighted by Gasteiger charge is 2.13. The van der Waals surface area contributed by atoms with Gasteiger partial charge in [0.1, 0.15) is 0 Å². The van der Waals surface area contributed by atoms with Crippen molar-refractivity contribution in [3.05, 3.63) is 31.9 Å². The molecule has 0 unspecified atom stereocenters. The first-order valence-electron chi connectivity index (χ1n) is 3.94. The van der Waals surface area contributed by atoms with Gasteiger partial charge >= 0.3 is 5.97 Å². The topological polar surface area (TPSA) is 37.3 Å². The third-order valence-electron chi connectivity index (χ3n) is 2.31. The average molecular weight is 290 g/mol. The van der Waals surface area contributed by atoms with Crippen LogP contribution in [0.15, 0.2) is 6.07 Å². The fourth-order valence-electron chi connectivity index (χ4n) is 1.21. The molecule has 0 heterocycles. The Morgan fingerprint density at radius 3 is 2.31 bits per heavy atom. The minimum absolute atomic E-state index is 0.404. The summed E-state index contributed by atoms with van der Waals surface area (Å²) >= 11 is 2.08. The Hall–Kier alpha value is -0.580. The van der Waals surface area contributed by atoms with E-state index in [0.717, 1.165) is 14.7 Å². The van der Waals surface area contributed by atoms with E-state index < -0.39 is 5.97 Å². The van der Waals surface area contributed by atoms with Crippen LogP contribution in [0.3, 0.4) is 0 Å². The molecule has 0 aliphatic carbocycles. The molecule has 0 aliphatic rings. The van der Waals surface area contributed by atoms with Crippen molar-refractivity contribution in [2.45, 2.75) is 20.8 Å². The lowest BCUT2D eigenvalue weighted by atomic mass is 10.0. The number of halogens is 1. The largest absolute Gasteiger partial charge is 0.478 e. The molecule has 1 aromatic carbocycles. The van der Waals surface area contributed by atoms with Crippen molar-refractivity contribution in [1.29, 1.82) is 0 Å². The maximum atomic E-state index is 10.8. The van der Waals surface area contributed by atoms with Crippen LogP contribution in [0, 0.1) is 24.3 Å². The number of hydrogen-bond acceptors (Lipinski definition) is 1. The highest BCUT2D eigenvalue weighted by atomic mass is 127. The summed E-state index contributed by atoms with van der Waals surface area (Å²) in [4.78, 5) is 10.8. The smallest absolute Gasteiger partial charge is 0.336 e. The molecule has 0 saturated carbocycles. The molecule has 0 fully saturated rings. The van der Waals surface area contributed by atoms with Gasteiger partial charge in [-0.05, 0) is 66.1 Å². The van der Waals surface area contributed by atoms with Crippen molar-refractivity contribution in [1.82, 2.24) is 0 Å². The van der Waals surface area contributed by atoms with E-state index in [1.165, 1.54) is 5.56 Å². The Bertz CT molecular complexity index is 370. The van der Waals surface area contributed by atoms with E-state index in [0.29, 0.717) is 5.56 Å². The van der Waals surface area contributed by atoms with Crippen LogP contribution in [0.5, 0.6) is 0 Å². The van der Waals surface area contributed by atoms with Crippen molar-refractivity contribution in [3.63, 3.8) is 0 Å². The second-order valence-electron chi connectivity index (χ2n) is 3.11. The van der Waals surface area contributed by atoms with E-state index in [9.17, 15) is 4.79 Å². The second kappa shape index (κ2) is 3.65. The number of aromatic carboxylic acids is 1. The number of rotatable bonds is 1. The molecule has 70 valence electrons. The Balaban J connectivity index is 3.50. The van der Waals surface area contributed by atoms with Crippen molar-refractivity contribution in [2.24, 2.45) is 0 Å². The zero-order valence-corrected chi connectivity index (χ0v) is 9.97. The summed E-state index contributed by atoms with van der Waals surface area (Å²) in [6, 6.07) is 1.73. The zero-order valence-electron chi connectivity index (χ0n) is 7.81. The Kier molecular flexibility index (Phi) is 2.95. The van der Waals surface area contributed by atoms with Crippen LogP contribution >= 0.6 is 22.6 Å². The number of hydrogen-bond donors (Lipinski definition) is 1. The highest BCUT2D eigenvalue weighted by molar-refractivity contribution is 14.1. The van der Waals surface area contributed by atoms with Gasteiger partial charge in [-0.1, -0.05) is 0 Å². The Morgan fingerprint density at radius 1 is 1.31 bits per heavy atom. The normalized spacial score (nSPS) is 10.2. The lowest BCUT2D eigenvalue weighted by Gasteiger charge is -2.09. The van der Waals surface area contributed by atoms with Crippen LogP contribution in [0.4, 0.5) is 0 Å². The molecule has 1 N–H and O–H groups in total. The molecular formula is C10H11IO2. The molecule has 0 bridgehead atoms. The van der Waals surface area contributed by atoms with Crippen LogP contribution in [-0.4, -0.2) is 11.1 Å². The first-order chi connectivity index (χ1) is 5.95. The molecule has 0 saturated heterocycles. The summed E-state index contributed by atoms with van der Waals surface area (Å²) in [5.41, 5.74) is 3.68. The molecule has 2 nitrogen and oxygen atoms in total. The third kappa shape index (κ3) is 1.85. The predicted molar refractivity (Wildman–Crippen MR) is 60.3 cm³/mol. The fourth-order valence-corrected chi connectivity index (χ4v) is 2.00. The minimum Gasteiger partial charge on any atom is -0.478 e. The monoisotopic (exact) mass is 290 g/mol. The van der Waals surface area contributed by atoms with Crippen molar-refractivity contribution < 1.29 is 9.90 Å². The van der Waals surface area contributed by atoms with Gasteiger partial charge in [0.25, 0.3) is 0 Å². The van der Waals surface area contributed by atoms with Crippen molar-refractivity contribution >= 4 is 28.6 Å². The molecule has 1 aromatic rings. The lowest BCUT2D eigenvalue weighted by molar-refractivity contribution is 0.0695. The first-order valence-corrected chi connectivity index (χ1v) is 5.02. The molecule has 0 aromatic heterocycles. The van der Waals surface area contributed by atoms with Gasteiger partial charge in [0, 0.05) is 3.57 Å². The number of carboxylic acids is 1. The molecule has 0 radical (unpaired) electrons. The number of carboxylic acid groups (broad SMARTS) is 1. The Morgan fingerprint density at radius 2 is 1.85 bits per heavy atom. The fraction of sp³-hybridized carbons (Fsp3) is 0.300. The average Bonchev–Trinajstić information content (AvgIpc) is 2.07. The van der Waals surface area contributed by atoms with E-state index in [2.05, 4.69) is 22.6 Å².